The Balaban J connectivity index is 1.35. The molecule has 2 aliphatic rings. The van der Waals surface area contributed by atoms with Gasteiger partial charge < -0.3 is 15.4 Å². The Morgan fingerprint density at radius 1 is 1.12 bits per heavy atom. The van der Waals surface area contributed by atoms with Crippen LogP contribution in [0.4, 0.5) is 15.9 Å². The van der Waals surface area contributed by atoms with Gasteiger partial charge in [0.25, 0.3) is 0 Å². The summed E-state index contributed by atoms with van der Waals surface area (Å²) < 4.78 is 19.3. The summed E-state index contributed by atoms with van der Waals surface area (Å²) in [6.07, 6.45) is 4.62. The highest BCUT2D eigenvalue weighted by atomic mass is 32.1. The van der Waals surface area contributed by atoms with Crippen molar-refractivity contribution in [3.8, 4) is 6.07 Å². The van der Waals surface area contributed by atoms with Crippen LogP contribution in [-0.2, 0) is 24.1 Å². The fourth-order valence-corrected chi connectivity index (χ4v) is 5.80. The number of benzene rings is 1. The number of thiophene rings is 1. The average Bonchev–Trinajstić information content (AvgIpc) is 3.21. The van der Waals surface area contributed by atoms with Crippen LogP contribution in [0, 0.1) is 17.1 Å². The number of morpholine rings is 1. The first-order valence-electron chi connectivity index (χ1n) is 11.5. The Kier molecular flexibility index (Phi) is 6.67. The Hall–Kier alpha value is -2.80. The fourth-order valence-electron chi connectivity index (χ4n) is 4.52. The van der Waals surface area contributed by atoms with Crippen molar-refractivity contribution in [1.82, 2.24) is 14.9 Å². The number of rotatable bonds is 7. The molecule has 1 saturated heterocycles. The molecular formula is C24H27FN6OS. The normalized spacial score (nSPS) is 16.4. The van der Waals surface area contributed by atoms with Crippen LogP contribution in [0.15, 0.2) is 18.2 Å². The zero-order valence-corrected chi connectivity index (χ0v) is 19.3. The van der Waals surface area contributed by atoms with Crippen molar-refractivity contribution in [2.45, 2.75) is 32.2 Å². The standard InChI is InChI=1S/C24H27FN6OS/c25-18-5-3-6-19(17(18)14-26)27-8-9-28-23-22-16-4-1-2-7-20(16)33-24(22)30-21(29-23)15-31-10-12-32-13-11-31/h3,5-6,27H,1-2,4,7-13,15H2,(H,28,29,30). The molecule has 5 rings (SSSR count). The number of ether oxygens (including phenoxy) is 1. The molecule has 9 heteroatoms. The first kappa shape index (κ1) is 22.0. The largest absolute Gasteiger partial charge is 0.382 e. The fraction of sp³-hybridized carbons (Fsp3) is 0.458. The van der Waals surface area contributed by atoms with E-state index in [0.717, 1.165) is 61.0 Å². The summed E-state index contributed by atoms with van der Waals surface area (Å²) in [6.45, 7) is 5.12. The predicted octanol–water partition coefficient (Wildman–Crippen LogP) is 3.94. The van der Waals surface area contributed by atoms with Gasteiger partial charge in [0, 0.05) is 31.1 Å². The summed E-state index contributed by atoms with van der Waals surface area (Å²) in [6, 6.07) is 6.56. The van der Waals surface area contributed by atoms with Crippen molar-refractivity contribution in [1.29, 1.82) is 5.26 Å². The Morgan fingerprint density at radius 3 is 2.79 bits per heavy atom. The molecule has 0 spiro atoms. The molecule has 0 saturated carbocycles. The molecule has 1 aliphatic heterocycles. The number of fused-ring (bicyclic) bond motifs is 3. The predicted molar refractivity (Wildman–Crippen MR) is 128 cm³/mol. The SMILES string of the molecule is N#Cc1c(F)cccc1NCCNc1nc(CN2CCOCC2)nc2sc3c(c12)CCCC3. The van der Waals surface area contributed by atoms with Gasteiger partial charge in [-0.05, 0) is 43.4 Å². The lowest BCUT2D eigenvalue weighted by molar-refractivity contribution is 0.0331. The van der Waals surface area contributed by atoms with E-state index in [2.05, 4.69) is 15.5 Å². The molecule has 3 heterocycles. The number of nitriles is 1. The second kappa shape index (κ2) is 10.00. The summed E-state index contributed by atoms with van der Waals surface area (Å²) in [4.78, 5) is 14.7. The molecular weight excluding hydrogens is 439 g/mol. The van der Waals surface area contributed by atoms with Crippen LogP contribution >= 0.6 is 11.3 Å². The number of aromatic nitrogens is 2. The van der Waals surface area contributed by atoms with Crippen LogP contribution < -0.4 is 10.6 Å². The number of nitrogens with one attached hydrogen (secondary N) is 2. The molecule has 3 aromatic rings. The van der Waals surface area contributed by atoms with Crippen LogP contribution in [0.1, 0.15) is 34.7 Å². The van der Waals surface area contributed by atoms with Gasteiger partial charge in [-0.3, -0.25) is 4.90 Å². The maximum absolute atomic E-state index is 13.9. The van der Waals surface area contributed by atoms with Crippen LogP contribution in [0.5, 0.6) is 0 Å². The van der Waals surface area contributed by atoms with E-state index in [-0.39, 0.29) is 5.56 Å². The number of hydrogen-bond acceptors (Lipinski definition) is 8. The molecule has 1 fully saturated rings. The maximum Gasteiger partial charge on any atom is 0.146 e. The first-order chi connectivity index (χ1) is 16.2. The van der Waals surface area contributed by atoms with Gasteiger partial charge in [0.2, 0.25) is 0 Å². The van der Waals surface area contributed by atoms with Gasteiger partial charge in [0.1, 0.15) is 33.9 Å². The number of anilines is 2. The average molecular weight is 467 g/mol. The van der Waals surface area contributed by atoms with Crippen LogP contribution in [-0.4, -0.2) is 54.3 Å². The third kappa shape index (κ3) is 4.78. The lowest BCUT2D eigenvalue weighted by Crippen LogP contribution is -2.36. The van der Waals surface area contributed by atoms with Crippen molar-refractivity contribution in [2.75, 3.05) is 50.0 Å². The van der Waals surface area contributed by atoms with E-state index in [0.29, 0.717) is 25.3 Å². The molecule has 0 radical (unpaired) electrons. The van der Waals surface area contributed by atoms with Crippen molar-refractivity contribution < 1.29 is 9.13 Å². The molecule has 1 aromatic carbocycles. The quantitative estimate of drug-likeness (QED) is 0.510. The van der Waals surface area contributed by atoms with Gasteiger partial charge in [-0.2, -0.15) is 5.26 Å². The molecule has 0 bridgehead atoms. The van der Waals surface area contributed by atoms with Crippen molar-refractivity contribution in [3.05, 3.63) is 45.8 Å². The van der Waals surface area contributed by atoms with E-state index in [1.54, 1.807) is 23.5 Å². The van der Waals surface area contributed by atoms with Crippen LogP contribution in [0.3, 0.4) is 0 Å². The summed E-state index contributed by atoms with van der Waals surface area (Å²) in [7, 11) is 0. The smallest absolute Gasteiger partial charge is 0.146 e. The van der Waals surface area contributed by atoms with Crippen LogP contribution in [0.25, 0.3) is 10.2 Å². The molecule has 0 amide bonds. The van der Waals surface area contributed by atoms with E-state index < -0.39 is 5.82 Å². The highest BCUT2D eigenvalue weighted by molar-refractivity contribution is 7.19. The Bertz CT molecular complexity index is 1180. The molecule has 2 aromatic heterocycles. The van der Waals surface area contributed by atoms with E-state index >= 15 is 0 Å². The summed E-state index contributed by atoms with van der Waals surface area (Å²) in [5, 5.41) is 17.1. The minimum absolute atomic E-state index is 0.0432. The monoisotopic (exact) mass is 466 g/mol. The lowest BCUT2D eigenvalue weighted by Gasteiger charge is -2.25. The second-order valence-corrected chi connectivity index (χ2v) is 9.48. The minimum atomic E-state index is -0.509. The minimum Gasteiger partial charge on any atom is -0.382 e. The van der Waals surface area contributed by atoms with Gasteiger partial charge in [-0.25, -0.2) is 14.4 Å². The topological polar surface area (TPSA) is 86.1 Å². The second-order valence-electron chi connectivity index (χ2n) is 8.40. The zero-order chi connectivity index (χ0) is 22.6. The van der Waals surface area contributed by atoms with Crippen molar-refractivity contribution in [2.24, 2.45) is 0 Å². The number of nitrogens with zero attached hydrogens (tertiary/aromatic N) is 4. The summed E-state index contributed by atoms with van der Waals surface area (Å²) in [5.41, 5.74) is 1.95. The van der Waals surface area contributed by atoms with Gasteiger partial charge >= 0.3 is 0 Å². The van der Waals surface area contributed by atoms with Gasteiger partial charge in [0.05, 0.1) is 30.8 Å². The maximum atomic E-state index is 13.9. The Morgan fingerprint density at radius 2 is 1.94 bits per heavy atom. The van der Waals surface area contributed by atoms with E-state index in [9.17, 15) is 9.65 Å². The molecule has 0 atom stereocenters. The van der Waals surface area contributed by atoms with Gasteiger partial charge in [-0.1, -0.05) is 6.07 Å². The van der Waals surface area contributed by atoms with Gasteiger partial charge in [0.15, 0.2) is 0 Å². The van der Waals surface area contributed by atoms with Crippen molar-refractivity contribution in [3.63, 3.8) is 0 Å². The highest BCUT2D eigenvalue weighted by Gasteiger charge is 2.22. The summed E-state index contributed by atoms with van der Waals surface area (Å²) in [5.74, 6) is 1.20. The summed E-state index contributed by atoms with van der Waals surface area (Å²) >= 11 is 1.81. The Labute approximate surface area is 196 Å². The number of hydrogen-bond donors (Lipinski definition) is 2. The molecule has 2 N–H and O–H groups in total. The molecule has 7 nitrogen and oxygen atoms in total. The van der Waals surface area contributed by atoms with E-state index in [1.807, 2.05) is 6.07 Å². The molecule has 172 valence electrons. The lowest BCUT2D eigenvalue weighted by atomic mass is 9.97. The molecule has 33 heavy (non-hydrogen) atoms. The third-order valence-corrected chi connectivity index (χ3v) is 7.37. The highest BCUT2D eigenvalue weighted by Crippen LogP contribution is 2.38. The van der Waals surface area contributed by atoms with E-state index in [4.69, 9.17) is 14.7 Å². The molecule has 1 aliphatic carbocycles. The number of aryl methyl sites for hydroxylation is 2. The van der Waals surface area contributed by atoms with Crippen molar-refractivity contribution >= 4 is 33.1 Å². The third-order valence-electron chi connectivity index (χ3n) is 6.19. The molecule has 0 unspecified atom stereocenters. The van der Waals surface area contributed by atoms with Gasteiger partial charge in [-0.15, -0.1) is 11.3 Å². The zero-order valence-electron chi connectivity index (χ0n) is 18.5. The van der Waals surface area contributed by atoms with E-state index in [1.165, 1.54) is 29.3 Å². The number of halogens is 1. The van der Waals surface area contributed by atoms with Crippen LogP contribution in [0.2, 0.25) is 0 Å². The first-order valence-corrected chi connectivity index (χ1v) is 12.3.